The van der Waals surface area contributed by atoms with Crippen LogP contribution < -0.4 is 5.73 Å². The molecule has 0 atom stereocenters. The molecular formula is C10H20N2S. The third-order valence-electron chi connectivity index (χ3n) is 2.57. The Kier molecular flexibility index (Phi) is 4.10. The Labute approximate surface area is 85.2 Å². The summed E-state index contributed by atoms with van der Waals surface area (Å²) in [7, 11) is 0. The Hall–Kier alpha value is -0.180. The van der Waals surface area contributed by atoms with Gasteiger partial charge in [0.05, 0.1) is 5.84 Å². The SMILES string of the molecule is CCCCSCC1(CC(=N)N)CC1. The van der Waals surface area contributed by atoms with Gasteiger partial charge in [0.1, 0.15) is 0 Å². The van der Waals surface area contributed by atoms with Crippen molar-refractivity contribution in [2.45, 2.75) is 39.0 Å². The fraction of sp³-hybridized carbons (Fsp3) is 0.900. The van der Waals surface area contributed by atoms with Crippen molar-refractivity contribution in [1.29, 1.82) is 5.41 Å². The average molecular weight is 200 g/mol. The Balaban J connectivity index is 2.09. The summed E-state index contributed by atoms with van der Waals surface area (Å²) in [6, 6.07) is 0. The lowest BCUT2D eigenvalue weighted by atomic mass is 10.1. The van der Waals surface area contributed by atoms with Crippen molar-refractivity contribution in [3.8, 4) is 0 Å². The summed E-state index contributed by atoms with van der Waals surface area (Å²) in [5.41, 5.74) is 5.86. The predicted octanol–water partition coefficient (Wildman–Crippen LogP) is 2.63. The average Bonchev–Trinajstić information content (AvgIpc) is 2.78. The molecule has 3 heteroatoms. The molecular weight excluding hydrogens is 180 g/mol. The van der Waals surface area contributed by atoms with E-state index in [1.54, 1.807) is 0 Å². The van der Waals surface area contributed by atoms with E-state index < -0.39 is 0 Å². The van der Waals surface area contributed by atoms with E-state index in [4.69, 9.17) is 11.1 Å². The van der Waals surface area contributed by atoms with Crippen LogP contribution in [0.1, 0.15) is 39.0 Å². The van der Waals surface area contributed by atoms with Gasteiger partial charge in [-0.1, -0.05) is 13.3 Å². The van der Waals surface area contributed by atoms with Gasteiger partial charge in [0.15, 0.2) is 0 Å². The van der Waals surface area contributed by atoms with E-state index in [1.807, 2.05) is 11.8 Å². The minimum absolute atomic E-state index is 0.369. The van der Waals surface area contributed by atoms with Crippen LogP contribution >= 0.6 is 11.8 Å². The van der Waals surface area contributed by atoms with E-state index >= 15 is 0 Å². The minimum Gasteiger partial charge on any atom is -0.388 e. The molecule has 0 aromatic rings. The molecule has 1 saturated carbocycles. The first-order chi connectivity index (χ1) is 6.18. The van der Waals surface area contributed by atoms with Crippen LogP contribution in [-0.2, 0) is 0 Å². The largest absolute Gasteiger partial charge is 0.388 e. The molecule has 1 aliphatic rings. The molecule has 0 saturated heterocycles. The van der Waals surface area contributed by atoms with Gasteiger partial charge >= 0.3 is 0 Å². The monoisotopic (exact) mass is 200 g/mol. The van der Waals surface area contributed by atoms with Gasteiger partial charge in [0, 0.05) is 6.42 Å². The molecule has 1 rings (SSSR count). The van der Waals surface area contributed by atoms with E-state index in [-0.39, 0.29) is 0 Å². The molecule has 0 amide bonds. The van der Waals surface area contributed by atoms with Crippen LogP contribution in [0.4, 0.5) is 0 Å². The van der Waals surface area contributed by atoms with Crippen molar-refractivity contribution in [3.63, 3.8) is 0 Å². The second kappa shape index (κ2) is 4.89. The highest BCUT2D eigenvalue weighted by Crippen LogP contribution is 2.50. The smallest absolute Gasteiger partial charge is 0.0911 e. The topological polar surface area (TPSA) is 49.9 Å². The maximum absolute atomic E-state index is 7.27. The molecule has 0 aliphatic heterocycles. The lowest BCUT2D eigenvalue weighted by molar-refractivity contribution is 0.611. The Morgan fingerprint density at radius 3 is 2.69 bits per heavy atom. The summed E-state index contributed by atoms with van der Waals surface area (Å²) in [6.07, 6.45) is 6.00. The van der Waals surface area contributed by atoms with E-state index in [0.29, 0.717) is 11.3 Å². The molecule has 0 bridgehead atoms. The molecule has 0 aromatic carbocycles. The Bertz CT molecular complexity index is 176. The van der Waals surface area contributed by atoms with E-state index in [1.165, 1.54) is 37.2 Å². The van der Waals surface area contributed by atoms with Crippen molar-refractivity contribution >= 4 is 17.6 Å². The molecule has 76 valence electrons. The molecule has 0 radical (unpaired) electrons. The molecule has 1 fully saturated rings. The fourth-order valence-corrected chi connectivity index (χ4v) is 2.95. The number of unbranched alkanes of at least 4 members (excludes halogenated alkanes) is 1. The van der Waals surface area contributed by atoms with E-state index in [2.05, 4.69) is 6.92 Å². The zero-order valence-electron chi connectivity index (χ0n) is 8.44. The standard InChI is InChI=1S/C10H20N2S/c1-2-3-6-13-8-10(4-5-10)7-9(11)12/h2-8H2,1H3,(H3,11,12). The number of amidine groups is 1. The first-order valence-corrected chi connectivity index (χ1v) is 6.25. The van der Waals surface area contributed by atoms with Crippen molar-refractivity contribution in [2.75, 3.05) is 11.5 Å². The molecule has 0 aromatic heterocycles. The molecule has 2 nitrogen and oxygen atoms in total. The highest BCUT2D eigenvalue weighted by atomic mass is 32.2. The highest BCUT2D eigenvalue weighted by molar-refractivity contribution is 7.99. The molecule has 0 unspecified atom stereocenters. The number of hydrogen-bond acceptors (Lipinski definition) is 2. The van der Waals surface area contributed by atoms with Gasteiger partial charge in [-0.25, -0.2) is 0 Å². The maximum atomic E-state index is 7.27. The van der Waals surface area contributed by atoms with Gasteiger partial charge in [-0.15, -0.1) is 0 Å². The third-order valence-corrected chi connectivity index (χ3v) is 3.97. The second-order valence-corrected chi connectivity index (χ2v) is 5.21. The van der Waals surface area contributed by atoms with Crippen molar-refractivity contribution in [2.24, 2.45) is 11.1 Å². The summed E-state index contributed by atoms with van der Waals surface area (Å²) < 4.78 is 0. The summed E-state index contributed by atoms with van der Waals surface area (Å²) in [4.78, 5) is 0. The molecule has 1 aliphatic carbocycles. The third kappa shape index (κ3) is 4.03. The quantitative estimate of drug-likeness (QED) is 0.377. The lowest BCUT2D eigenvalue weighted by Gasteiger charge is -2.12. The van der Waals surface area contributed by atoms with E-state index in [0.717, 1.165) is 6.42 Å². The summed E-state index contributed by atoms with van der Waals surface area (Å²) >= 11 is 2.04. The van der Waals surface area contributed by atoms with E-state index in [9.17, 15) is 0 Å². The molecule has 13 heavy (non-hydrogen) atoms. The van der Waals surface area contributed by atoms with Crippen LogP contribution in [-0.4, -0.2) is 17.3 Å². The zero-order chi connectivity index (χ0) is 9.73. The van der Waals surface area contributed by atoms with Crippen LogP contribution in [0, 0.1) is 10.8 Å². The molecule has 0 spiro atoms. The number of hydrogen-bond donors (Lipinski definition) is 2. The summed E-state index contributed by atoms with van der Waals surface area (Å²) in [6.45, 7) is 2.23. The van der Waals surface area contributed by atoms with Crippen LogP contribution in [0.25, 0.3) is 0 Å². The van der Waals surface area contributed by atoms with Crippen molar-refractivity contribution in [1.82, 2.24) is 0 Å². The number of nitrogens with two attached hydrogens (primary N) is 1. The summed E-state index contributed by atoms with van der Waals surface area (Å²) in [5, 5.41) is 7.27. The summed E-state index contributed by atoms with van der Waals surface area (Å²) in [5.74, 6) is 2.86. The van der Waals surface area contributed by atoms with Gasteiger partial charge in [-0.3, -0.25) is 5.41 Å². The second-order valence-electron chi connectivity index (χ2n) is 4.11. The van der Waals surface area contributed by atoms with Crippen LogP contribution in [0.15, 0.2) is 0 Å². The maximum Gasteiger partial charge on any atom is 0.0911 e. The molecule has 3 N–H and O–H groups in total. The van der Waals surface area contributed by atoms with Crippen LogP contribution in [0.3, 0.4) is 0 Å². The van der Waals surface area contributed by atoms with Gasteiger partial charge < -0.3 is 5.73 Å². The van der Waals surface area contributed by atoms with Crippen molar-refractivity contribution in [3.05, 3.63) is 0 Å². The normalized spacial score (nSPS) is 18.5. The highest BCUT2D eigenvalue weighted by Gasteiger charge is 2.42. The molecule has 0 heterocycles. The van der Waals surface area contributed by atoms with Crippen LogP contribution in [0.5, 0.6) is 0 Å². The predicted molar refractivity (Wildman–Crippen MR) is 60.4 cm³/mol. The minimum atomic E-state index is 0.369. The van der Waals surface area contributed by atoms with Crippen LogP contribution in [0.2, 0.25) is 0 Å². The number of rotatable bonds is 7. The first-order valence-electron chi connectivity index (χ1n) is 5.09. The fourth-order valence-electron chi connectivity index (χ4n) is 1.49. The Morgan fingerprint density at radius 1 is 1.54 bits per heavy atom. The zero-order valence-corrected chi connectivity index (χ0v) is 9.25. The van der Waals surface area contributed by atoms with Gasteiger partial charge in [-0.05, 0) is 36.2 Å². The number of nitrogens with one attached hydrogen (secondary N) is 1. The lowest BCUT2D eigenvalue weighted by Crippen LogP contribution is -2.18. The Morgan fingerprint density at radius 2 is 2.23 bits per heavy atom. The van der Waals surface area contributed by atoms with Gasteiger partial charge in [-0.2, -0.15) is 11.8 Å². The first kappa shape index (κ1) is 10.9. The van der Waals surface area contributed by atoms with Gasteiger partial charge in [0.25, 0.3) is 0 Å². The van der Waals surface area contributed by atoms with Crippen molar-refractivity contribution < 1.29 is 0 Å². The number of thioether (sulfide) groups is 1. The van der Waals surface area contributed by atoms with Gasteiger partial charge in [0.2, 0.25) is 0 Å².